The van der Waals surface area contributed by atoms with E-state index >= 15 is 0 Å². The van der Waals surface area contributed by atoms with Crippen molar-refractivity contribution in [1.29, 1.82) is 0 Å². The van der Waals surface area contributed by atoms with Crippen molar-refractivity contribution in [3.05, 3.63) is 51.2 Å². The minimum Gasteiger partial charge on any atom is -0.487 e. The molecule has 1 atom stereocenters. The third-order valence-electron chi connectivity index (χ3n) is 3.78. The Labute approximate surface area is 124 Å². The van der Waals surface area contributed by atoms with Crippen molar-refractivity contribution >= 4 is 11.3 Å². The monoisotopic (exact) mass is 287 g/mol. The minimum absolute atomic E-state index is 0.0330. The number of nitrogens with two attached hydrogens (primary N) is 1. The Morgan fingerprint density at radius 3 is 2.80 bits per heavy atom. The van der Waals surface area contributed by atoms with Gasteiger partial charge in [0.2, 0.25) is 0 Å². The second-order valence-corrected chi connectivity index (χ2v) is 7.24. The first-order chi connectivity index (χ1) is 9.48. The SMILES string of the molecule is CCc1ccc(C(N)c2ccc3c(c2)CC(C)(C)O3)s1. The first kappa shape index (κ1) is 13.7. The minimum atomic E-state index is -0.0939. The normalized spacial score (nSPS) is 17.6. The molecule has 0 saturated heterocycles. The van der Waals surface area contributed by atoms with Gasteiger partial charge in [-0.3, -0.25) is 0 Å². The summed E-state index contributed by atoms with van der Waals surface area (Å²) in [6.45, 7) is 6.43. The van der Waals surface area contributed by atoms with Crippen LogP contribution in [0.4, 0.5) is 0 Å². The summed E-state index contributed by atoms with van der Waals surface area (Å²) >= 11 is 1.81. The summed E-state index contributed by atoms with van der Waals surface area (Å²) in [4.78, 5) is 2.63. The van der Waals surface area contributed by atoms with Gasteiger partial charge in [0, 0.05) is 16.2 Å². The molecule has 0 amide bonds. The summed E-state index contributed by atoms with van der Waals surface area (Å²) in [5, 5.41) is 0. The van der Waals surface area contributed by atoms with E-state index in [4.69, 9.17) is 10.5 Å². The summed E-state index contributed by atoms with van der Waals surface area (Å²) < 4.78 is 5.92. The summed E-state index contributed by atoms with van der Waals surface area (Å²) in [7, 11) is 0. The van der Waals surface area contributed by atoms with Gasteiger partial charge in [-0.05, 0) is 49.6 Å². The fourth-order valence-corrected chi connectivity index (χ4v) is 3.72. The van der Waals surface area contributed by atoms with Gasteiger partial charge in [0.1, 0.15) is 11.4 Å². The molecule has 0 spiro atoms. The van der Waals surface area contributed by atoms with Crippen LogP contribution in [-0.4, -0.2) is 5.60 Å². The second kappa shape index (κ2) is 4.90. The Morgan fingerprint density at radius 1 is 1.30 bits per heavy atom. The molecule has 20 heavy (non-hydrogen) atoms. The average molecular weight is 287 g/mol. The van der Waals surface area contributed by atoms with E-state index in [1.165, 1.54) is 20.9 Å². The van der Waals surface area contributed by atoms with E-state index in [1.54, 1.807) is 0 Å². The van der Waals surface area contributed by atoms with E-state index in [2.05, 4.69) is 51.1 Å². The van der Waals surface area contributed by atoms with E-state index in [9.17, 15) is 0 Å². The van der Waals surface area contributed by atoms with E-state index < -0.39 is 0 Å². The maximum absolute atomic E-state index is 6.42. The zero-order valence-electron chi connectivity index (χ0n) is 12.3. The predicted molar refractivity (Wildman–Crippen MR) is 84.6 cm³/mol. The first-order valence-corrected chi connectivity index (χ1v) is 7.96. The van der Waals surface area contributed by atoms with Crippen LogP contribution in [0.25, 0.3) is 0 Å². The van der Waals surface area contributed by atoms with E-state index in [0.717, 1.165) is 18.6 Å². The van der Waals surface area contributed by atoms with Crippen molar-refractivity contribution < 1.29 is 4.74 Å². The lowest BCUT2D eigenvalue weighted by atomic mass is 9.97. The fourth-order valence-electron chi connectivity index (χ4n) is 2.74. The summed E-state index contributed by atoms with van der Waals surface area (Å²) in [5.41, 5.74) is 8.77. The van der Waals surface area contributed by atoms with Crippen LogP contribution in [-0.2, 0) is 12.8 Å². The van der Waals surface area contributed by atoms with Crippen molar-refractivity contribution in [3.8, 4) is 5.75 Å². The highest BCUT2D eigenvalue weighted by molar-refractivity contribution is 7.12. The molecule has 3 heteroatoms. The smallest absolute Gasteiger partial charge is 0.123 e. The van der Waals surface area contributed by atoms with Crippen LogP contribution in [0, 0.1) is 0 Å². The standard InChI is InChI=1S/C17H21NOS/c1-4-13-6-8-15(20-13)16(18)11-5-7-14-12(9-11)10-17(2,3)19-14/h5-9,16H,4,10,18H2,1-3H3. The van der Waals surface area contributed by atoms with Gasteiger partial charge in [0.15, 0.2) is 0 Å². The van der Waals surface area contributed by atoms with Crippen LogP contribution in [0.2, 0.25) is 0 Å². The molecule has 1 aromatic heterocycles. The number of hydrogen-bond acceptors (Lipinski definition) is 3. The zero-order valence-corrected chi connectivity index (χ0v) is 13.1. The number of rotatable bonds is 3. The number of thiophene rings is 1. The van der Waals surface area contributed by atoms with Gasteiger partial charge in [0.25, 0.3) is 0 Å². The Bertz CT molecular complexity index is 630. The molecule has 1 aliphatic rings. The molecule has 0 radical (unpaired) electrons. The van der Waals surface area contributed by atoms with Crippen LogP contribution in [0.3, 0.4) is 0 Å². The Balaban J connectivity index is 1.88. The lowest BCUT2D eigenvalue weighted by Crippen LogP contribution is -2.24. The summed E-state index contributed by atoms with van der Waals surface area (Å²) in [5.74, 6) is 1.01. The number of benzene rings is 1. The Kier molecular flexibility index (Phi) is 3.35. The van der Waals surface area contributed by atoms with Crippen LogP contribution in [0.15, 0.2) is 30.3 Å². The number of fused-ring (bicyclic) bond motifs is 1. The van der Waals surface area contributed by atoms with E-state index in [0.29, 0.717) is 0 Å². The molecular weight excluding hydrogens is 266 g/mol. The molecule has 1 aromatic carbocycles. The van der Waals surface area contributed by atoms with Crippen molar-refractivity contribution in [2.75, 3.05) is 0 Å². The Morgan fingerprint density at radius 2 is 2.10 bits per heavy atom. The third kappa shape index (κ3) is 2.48. The lowest BCUT2D eigenvalue weighted by Gasteiger charge is -2.16. The maximum Gasteiger partial charge on any atom is 0.123 e. The molecule has 0 bridgehead atoms. The highest BCUT2D eigenvalue weighted by Crippen LogP contribution is 2.37. The second-order valence-electron chi connectivity index (χ2n) is 6.04. The van der Waals surface area contributed by atoms with Crippen LogP contribution in [0.1, 0.15) is 47.7 Å². The maximum atomic E-state index is 6.42. The molecule has 106 valence electrons. The number of aryl methyl sites for hydroxylation is 1. The van der Waals surface area contributed by atoms with Gasteiger partial charge in [0.05, 0.1) is 6.04 Å². The highest BCUT2D eigenvalue weighted by Gasteiger charge is 2.30. The average Bonchev–Trinajstić information content (AvgIpc) is 2.98. The van der Waals surface area contributed by atoms with Crippen LogP contribution < -0.4 is 10.5 Å². The van der Waals surface area contributed by atoms with Gasteiger partial charge < -0.3 is 10.5 Å². The van der Waals surface area contributed by atoms with Crippen LogP contribution >= 0.6 is 11.3 Å². The molecule has 2 N–H and O–H groups in total. The largest absolute Gasteiger partial charge is 0.487 e. The topological polar surface area (TPSA) is 35.2 Å². The summed E-state index contributed by atoms with van der Waals surface area (Å²) in [6.07, 6.45) is 2.02. The zero-order chi connectivity index (χ0) is 14.3. The highest BCUT2D eigenvalue weighted by atomic mass is 32.1. The van der Waals surface area contributed by atoms with Crippen molar-refractivity contribution in [1.82, 2.24) is 0 Å². The van der Waals surface area contributed by atoms with Crippen molar-refractivity contribution in [2.24, 2.45) is 5.73 Å². The molecule has 0 aliphatic carbocycles. The third-order valence-corrected chi connectivity index (χ3v) is 5.10. The van der Waals surface area contributed by atoms with Crippen molar-refractivity contribution in [2.45, 2.75) is 45.3 Å². The lowest BCUT2D eigenvalue weighted by molar-refractivity contribution is 0.138. The van der Waals surface area contributed by atoms with Crippen molar-refractivity contribution in [3.63, 3.8) is 0 Å². The predicted octanol–water partition coefficient (Wildman–Crippen LogP) is 4.07. The molecule has 1 aliphatic heterocycles. The molecule has 2 nitrogen and oxygen atoms in total. The van der Waals surface area contributed by atoms with Gasteiger partial charge >= 0.3 is 0 Å². The Hall–Kier alpha value is -1.32. The van der Waals surface area contributed by atoms with Gasteiger partial charge in [-0.15, -0.1) is 11.3 Å². The molecule has 2 heterocycles. The molecule has 2 aromatic rings. The van der Waals surface area contributed by atoms with Gasteiger partial charge in [-0.25, -0.2) is 0 Å². The molecule has 3 rings (SSSR count). The molecule has 0 fully saturated rings. The fraction of sp³-hybridized carbons (Fsp3) is 0.412. The molecular formula is C17H21NOS. The number of hydrogen-bond donors (Lipinski definition) is 1. The quantitative estimate of drug-likeness (QED) is 0.923. The van der Waals surface area contributed by atoms with Gasteiger partial charge in [-0.1, -0.05) is 19.1 Å². The van der Waals surface area contributed by atoms with E-state index in [-0.39, 0.29) is 11.6 Å². The molecule has 1 unspecified atom stereocenters. The molecule has 0 saturated carbocycles. The summed E-state index contributed by atoms with van der Waals surface area (Å²) in [6, 6.07) is 10.7. The first-order valence-electron chi connectivity index (χ1n) is 7.14. The number of ether oxygens (including phenoxy) is 1. The van der Waals surface area contributed by atoms with E-state index in [1.807, 2.05) is 11.3 Å². The van der Waals surface area contributed by atoms with Gasteiger partial charge in [-0.2, -0.15) is 0 Å². The van der Waals surface area contributed by atoms with Crippen LogP contribution in [0.5, 0.6) is 5.75 Å².